The van der Waals surface area contributed by atoms with Gasteiger partial charge in [0.2, 0.25) is 0 Å². The van der Waals surface area contributed by atoms with Gasteiger partial charge < -0.3 is 4.74 Å². The van der Waals surface area contributed by atoms with Gasteiger partial charge in [0, 0.05) is 12.0 Å². The van der Waals surface area contributed by atoms with Crippen LogP contribution < -0.4 is 11.3 Å². The van der Waals surface area contributed by atoms with Crippen LogP contribution in [0.1, 0.15) is 59.8 Å². The Balaban J connectivity index is 1.76. The summed E-state index contributed by atoms with van der Waals surface area (Å²) in [6.45, 7) is 8.90. The van der Waals surface area contributed by atoms with Gasteiger partial charge in [-0.3, -0.25) is 11.3 Å². The van der Waals surface area contributed by atoms with Crippen LogP contribution in [0.5, 0.6) is 0 Å². The van der Waals surface area contributed by atoms with Crippen LogP contribution in [0, 0.1) is 23.7 Å². The van der Waals surface area contributed by atoms with E-state index in [4.69, 9.17) is 10.6 Å². The van der Waals surface area contributed by atoms with Gasteiger partial charge in [-0.2, -0.15) is 0 Å². The molecule has 3 nitrogen and oxygen atoms in total. The molecule has 0 aromatic rings. The third-order valence-electron chi connectivity index (χ3n) is 5.91. The molecular formula is C16H30N2O. The first kappa shape index (κ1) is 13.8. The van der Waals surface area contributed by atoms with Crippen molar-refractivity contribution in [2.45, 2.75) is 77.0 Å². The maximum absolute atomic E-state index is 6.27. The van der Waals surface area contributed by atoms with Crippen LogP contribution in [0.2, 0.25) is 0 Å². The zero-order chi connectivity index (χ0) is 13.8. The molecule has 1 saturated heterocycles. The summed E-state index contributed by atoms with van der Waals surface area (Å²) in [5.41, 5.74) is 3.10. The van der Waals surface area contributed by atoms with Crippen molar-refractivity contribution in [1.82, 2.24) is 5.43 Å². The van der Waals surface area contributed by atoms with Gasteiger partial charge in [-0.25, -0.2) is 0 Å². The van der Waals surface area contributed by atoms with Gasteiger partial charge in [0.25, 0.3) is 0 Å². The summed E-state index contributed by atoms with van der Waals surface area (Å²) in [4.78, 5) is 0. The Bertz CT molecular complexity index is 341. The molecule has 3 fully saturated rings. The SMILES string of the molecule is CC1(C)CC(C(NN)C2C3CCCCC32)C(C)(C)O1. The average Bonchev–Trinajstić information content (AvgIpc) is 2.96. The Hall–Kier alpha value is -0.120. The number of nitrogens with one attached hydrogen (secondary N) is 1. The van der Waals surface area contributed by atoms with E-state index in [1.807, 2.05) is 0 Å². The zero-order valence-electron chi connectivity index (χ0n) is 12.9. The van der Waals surface area contributed by atoms with Crippen LogP contribution >= 0.6 is 0 Å². The Morgan fingerprint density at radius 3 is 2.11 bits per heavy atom. The van der Waals surface area contributed by atoms with E-state index in [1.54, 1.807) is 0 Å². The van der Waals surface area contributed by atoms with Crippen molar-refractivity contribution in [1.29, 1.82) is 0 Å². The predicted octanol–water partition coefficient (Wildman–Crippen LogP) is 2.85. The number of hydrogen-bond donors (Lipinski definition) is 2. The Morgan fingerprint density at radius 2 is 1.68 bits per heavy atom. The van der Waals surface area contributed by atoms with E-state index in [0.717, 1.165) is 24.2 Å². The molecule has 19 heavy (non-hydrogen) atoms. The van der Waals surface area contributed by atoms with Crippen LogP contribution in [-0.2, 0) is 4.74 Å². The molecule has 3 rings (SSSR count). The molecular weight excluding hydrogens is 236 g/mol. The van der Waals surface area contributed by atoms with E-state index in [-0.39, 0.29) is 11.2 Å². The van der Waals surface area contributed by atoms with Crippen molar-refractivity contribution >= 4 is 0 Å². The van der Waals surface area contributed by atoms with Crippen LogP contribution in [-0.4, -0.2) is 17.2 Å². The number of nitrogens with two attached hydrogens (primary N) is 1. The summed E-state index contributed by atoms with van der Waals surface area (Å²) < 4.78 is 6.27. The van der Waals surface area contributed by atoms with Gasteiger partial charge in [-0.05, 0) is 64.7 Å². The number of rotatable bonds is 3. The molecule has 1 heterocycles. The molecule has 110 valence electrons. The summed E-state index contributed by atoms with van der Waals surface area (Å²) in [5, 5.41) is 0. The molecule has 3 aliphatic rings. The van der Waals surface area contributed by atoms with Crippen molar-refractivity contribution in [3.8, 4) is 0 Å². The molecule has 0 aromatic heterocycles. The van der Waals surface area contributed by atoms with Gasteiger partial charge in [0.1, 0.15) is 0 Å². The highest BCUT2D eigenvalue weighted by Crippen LogP contribution is 2.60. The van der Waals surface area contributed by atoms with E-state index in [0.29, 0.717) is 12.0 Å². The lowest BCUT2D eigenvalue weighted by Gasteiger charge is -2.33. The normalized spacial score (nSPS) is 44.7. The van der Waals surface area contributed by atoms with E-state index in [2.05, 4.69) is 33.1 Å². The first-order valence-corrected chi connectivity index (χ1v) is 8.02. The van der Waals surface area contributed by atoms with Crippen LogP contribution in [0.3, 0.4) is 0 Å². The van der Waals surface area contributed by atoms with Crippen molar-refractivity contribution in [3.63, 3.8) is 0 Å². The second-order valence-corrected chi connectivity index (χ2v) is 8.16. The molecule has 0 spiro atoms. The van der Waals surface area contributed by atoms with Gasteiger partial charge in [0.15, 0.2) is 0 Å². The topological polar surface area (TPSA) is 47.3 Å². The quantitative estimate of drug-likeness (QED) is 0.610. The van der Waals surface area contributed by atoms with Gasteiger partial charge in [-0.15, -0.1) is 0 Å². The standard InChI is InChI=1S/C16H30N2O/c1-15(2)9-12(16(3,4)19-15)14(18-17)13-10-7-5-6-8-11(10)13/h10-14,18H,5-9,17H2,1-4H3. The highest BCUT2D eigenvalue weighted by atomic mass is 16.5. The van der Waals surface area contributed by atoms with E-state index < -0.39 is 0 Å². The fourth-order valence-corrected chi connectivity index (χ4v) is 5.24. The summed E-state index contributed by atoms with van der Waals surface area (Å²) in [7, 11) is 0. The second kappa shape index (κ2) is 4.44. The summed E-state index contributed by atoms with van der Waals surface area (Å²) in [6, 6.07) is 0.435. The van der Waals surface area contributed by atoms with Gasteiger partial charge >= 0.3 is 0 Å². The fraction of sp³-hybridized carbons (Fsp3) is 1.00. The monoisotopic (exact) mass is 266 g/mol. The van der Waals surface area contributed by atoms with Gasteiger partial charge in [-0.1, -0.05) is 12.8 Å². The van der Waals surface area contributed by atoms with Crippen LogP contribution in [0.4, 0.5) is 0 Å². The Kier molecular flexibility index (Phi) is 3.23. The molecule has 4 atom stereocenters. The molecule has 2 aliphatic carbocycles. The Labute approximate surface area is 117 Å². The van der Waals surface area contributed by atoms with E-state index >= 15 is 0 Å². The minimum atomic E-state index is -0.0632. The summed E-state index contributed by atoms with van der Waals surface area (Å²) in [5.74, 6) is 9.16. The lowest BCUT2D eigenvalue weighted by Crippen LogP contribution is -2.49. The molecule has 0 radical (unpaired) electrons. The summed E-state index contributed by atoms with van der Waals surface area (Å²) in [6.07, 6.45) is 6.80. The predicted molar refractivity (Wildman–Crippen MR) is 77.4 cm³/mol. The third-order valence-corrected chi connectivity index (χ3v) is 5.91. The maximum Gasteiger partial charge on any atom is 0.0678 e. The molecule has 3 N–H and O–H groups in total. The molecule has 0 aromatic carbocycles. The van der Waals surface area contributed by atoms with Crippen molar-refractivity contribution in [3.05, 3.63) is 0 Å². The maximum atomic E-state index is 6.27. The Morgan fingerprint density at radius 1 is 1.11 bits per heavy atom. The van der Waals surface area contributed by atoms with Crippen molar-refractivity contribution in [2.24, 2.45) is 29.5 Å². The second-order valence-electron chi connectivity index (χ2n) is 8.16. The highest BCUT2D eigenvalue weighted by molar-refractivity contribution is 5.10. The van der Waals surface area contributed by atoms with Crippen LogP contribution in [0.15, 0.2) is 0 Å². The molecule has 0 amide bonds. The smallest absolute Gasteiger partial charge is 0.0678 e. The van der Waals surface area contributed by atoms with Crippen molar-refractivity contribution in [2.75, 3.05) is 0 Å². The average molecular weight is 266 g/mol. The minimum Gasteiger partial charge on any atom is -0.369 e. The van der Waals surface area contributed by atoms with Crippen LogP contribution in [0.25, 0.3) is 0 Å². The number of hydrogen-bond acceptors (Lipinski definition) is 3. The largest absolute Gasteiger partial charge is 0.369 e. The molecule has 0 bridgehead atoms. The fourth-order valence-electron chi connectivity index (χ4n) is 5.24. The molecule has 3 heteroatoms. The highest BCUT2D eigenvalue weighted by Gasteiger charge is 2.59. The first-order chi connectivity index (χ1) is 8.86. The van der Waals surface area contributed by atoms with Gasteiger partial charge in [0.05, 0.1) is 11.2 Å². The number of fused-ring (bicyclic) bond motifs is 1. The number of ether oxygens (including phenoxy) is 1. The minimum absolute atomic E-state index is 0.0106. The molecule has 4 unspecified atom stereocenters. The lowest BCUT2D eigenvalue weighted by atomic mass is 9.79. The van der Waals surface area contributed by atoms with E-state index in [9.17, 15) is 0 Å². The lowest BCUT2D eigenvalue weighted by molar-refractivity contribution is -0.0786. The summed E-state index contributed by atoms with van der Waals surface area (Å²) >= 11 is 0. The zero-order valence-corrected chi connectivity index (χ0v) is 12.9. The number of hydrazine groups is 1. The molecule has 2 saturated carbocycles. The van der Waals surface area contributed by atoms with Crippen molar-refractivity contribution < 1.29 is 4.74 Å². The van der Waals surface area contributed by atoms with E-state index in [1.165, 1.54) is 25.7 Å². The third kappa shape index (κ3) is 2.34. The molecule has 1 aliphatic heterocycles. The first-order valence-electron chi connectivity index (χ1n) is 8.02.